The predicted molar refractivity (Wildman–Crippen MR) is 86.0 cm³/mol. The highest BCUT2D eigenvalue weighted by Gasteiger charge is 2.19. The van der Waals surface area contributed by atoms with Crippen molar-refractivity contribution in [1.82, 2.24) is 10.2 Å². The van der Waals surface area contributed by atoms with Crippen LogP contribution in [0.4, 0.5) is 0 Å². The lowest BCUT2D eigenvalue weighted by atomic mass is 9.96. The molecule has 3 nitrogen and oxygen atoms in total. The van der Waals surface area contributed by atoms with Crippen molar-refractivity contribution in [2.75, 3.05) is 33.8 Å². The number of unbranched alkanes of at least 4 members (excludes halogenated alkanes) is 1. The van der Waals surface area contributed by atoms with Crippen LogP contribution in [-0.2, 0) is 6.42 Å². The molecular formula is C17H30N2O. The second-order valence-corrected chi connectivity index (χ2v) is 5.96. The summed E-state index contributed by atoms with van der Waals surface area (Å²) in [6.45, 7) is 4.50. The molecule has 0 saturated heterocycles. The molecule has 0 spiro atoms. The van der Waals surface area contributed by atoms with Crippen LogP contribution in [0.15, 0.2) is 30.3 Å². The maximum Gasteiger partial charge on any atom is 0.0610 e. The Balaban J connectivity index is 2.13. The Labute approximate surface area is 124 Å². The van der Waals surface area contributed by atoms with Gasteiger partial charge in [0.1, 0.15) is 0 Å². The number of rotatable bonds is 10. The number of aliphatic hydroxyl groups excluding tert-OH is 1. The van der Waals surface area contributed by atoms with Crippen molar-refractivity contribution in [3.63, 3.8) is 0 Å². The lowest BCUT2D eigenvalue weighted by Gasteiger charge is -2.27. The van der Waals surface area contributed by atoms with Crippen molar-refractivity contribution < 1.29 is 5.11 Å². The molecule has 1 rings (SSSR count). The fraction of sp³-hybridized carbons (Fsp3) is 0.647. The van der Waals surface area contributed by atoms with Crippen LogP contribution in [0.5, 0.6) is 0 Å². The molecule has 3 heteroatoms. The fourth-order valence-corrected chi connectivity index (χ4v) is 2.26. The van der Waals surface area contributed by atoms with Crippen LogP contribution in [0.1, 0.15) is 31.7 Å². The van der Waals surface area contributed by atoms with Crippen molar-refractivity contribution >= 4 is 0 Å². The first kappa shape index (κ1) is 17.2. The summed E-state index contributed by atoms with van der Waals surface area (Å²) in [5, 5.41) is 12.5. The summed E-state index contributed by atoms with van der Waals surface area (Å²) in [4.78, 5) is 2.39. The highest BCUT2D eigenvalue weighted by molar-refractivity contribution is 5.14. The zero-order valence-corrected chi connectivity index (χ0v) is 13.2. The number of hydrogen-bond acceptors (Lipinski definition) is 3. The van der Waals surface area contributed by atoms with E-state index in [9.17, 15) is 5.11 Å². The molecule has 0 aliphatic heterocycles. The Morgan fingerprint density at radius 1 is 1.15 bits per heavy atom. The lowest BCUT2D eigenvalue weighted by Crippen LogP contribution is -2.43. The summed E-state index contributed by atoms with van der Waals surface area (Å²) in [6.07, 6.45) is 4.46. The molecule has 0 aliphatic carbocycles. The van der Waals surface area contributed by atoms with Gasteiger partial charge in [0.15, 0.2) is 0 Å². The third kappa shape index (κ3) is 6.51. The topological polar surface area (TPSA) is 35.5 Å². The summed E-state index contributed by atoms with van der Waals surface area (Å²) >= 11 is 0. The van der Waals surface area contributed by atoms with Gasteiger partial charge < -0.3 is 15.3 Å². The molecule has 114 valence electrons. The second-order valence-electron chi connectivity index (χ2n) is 5.96. The maximum atomic E-state index is 9.33. The summed E-state index contributed by atoms with van der Waals surface area (Å²) in [7, 11) is 4.11. The van der Waals surface area contributed by atoms with Gasteiger partial charge in [-0.15, -0.1) is 0 Å². The molecule has 20 heavy (non-hydrogen) atoms. The van der Waals surface area contributed by atoms with E-state index in [0.29, 0.717) is 0 Å². The molecule has 0 bridgehead atoms. The molecular weight excluding hydrogens is 248 g/mol. The van der Waals surface area contributed by atoms with Gasteiger partial charge in [-0.3, -0.25) is 0 Å². The quantitative estimate of drug-likeness (QED) is 0.645. The molecule has 1 atom stereocenters. The minimum absolute atomic E-state index is 0.122. The van der Waals surface area contributed by atoms with E-state index in [2.05, 4.69) is 54.5 Å². The van der Waals surface area contributed by atoms with Crippen molar-refractivity contribution in [2.45, 2.75) is 38.1 Å². The molecule has 0 amide bonds. The van der Waals surface area contributed by atoms with Crippen molar-refractivity contribution in [3.8, 4) is 0 Å². The van der Waals surface area contributed by atoms with Gasteiger partial charge in [0.2, 0.25) is 0 Å². The summed E-state index contributed by atoms with van der Waals surface area (Å²) in [5.41, 5.74) is 1.28. The first-order valence-electron chi connectivity index (χ1n) is 7.62. The smallest absolute Gasteiger partial charge is 0.0610 e. The molecule has 0 saturated carbocycles. The SMILES string of the molecule is CNC(C)(CO)CCCCN(C)CCc1ccccc1. The first-order valence-corrected chi connectivity index (χ1v) is 7.62. The summed E-state index contributed by atoms with van der Waals surface area (Å²) < 4.78 is 0. The second kappa shape index (κ2) is 9.11. The van der Waals surface area contributed by atoms with Gasteiger partial charge >= 0.3 is 0 Å². The fourth-order valence-electron chi connectivity index (χ4n) is 2.26. The van der Waals surface area contributed by atoms with Gasteiger partial charge in [0.05, 0.1) is 6.61 Å². The van der Waals surface area contributed by atoms with E-state index < -0.39 is 0 Å². The van der Waals surface area contributed by atoms with Gasteiger partial charge in [-0.05, 0) is 52.4 Å². The average molecular weight is 278 g/mol. The van der Waals surface area contributed by atoms with Crippen LogP contribution >= 0.6 is 0 Å². The number of nitrogens with one attached hydrogen (secondary N) is 1. The maximum absolute atomic E-state index is 9.33. The number of aliphatic hydroxyl groups is 1. The van der Waals surface area contributed by atoms with Crippen LogP contribution in [0, 0.1) is 0 Å². The van der Waals surface area contributed by atoms with Gasteiger partial charge in [-0.2, -0.15) is 0 Å². The van der Waals surface area contributed by atoms with Gasteiger partial charge in [0.25, 0.3) is 0 Å². The average Bonchev–Trinajstić information content (AvgIpc) is 2.50. The van der Waals surface area contributed by atoms with Crippen LogP contribution in [0.25, 0.3) is 0 Å². The van der Waals surface area contributed by atoms with Crippen molar-refractivity contribution in [2.24, 2.45) is 0 Å². The molecule has 1 aromatic carbocycles. The highest BCUT2D eigenvalue weighted by Crippen LogP contribution is 2.12. The largest absolute Gasteiger partial charge is 0.394 e. The van der Waals surface area contributed by atoms with E-state index >= 15 is 0 Å². The van der Waals surface area contributed by atoms with Gasteiger partial charge in [-0.1, -0.05) is 36.8 Å². The number of likely N-dealkylation sites (N-methyl/N-ethyl adjacent to an activating group) is 2. The predicted octanol–water partition coefficient (Wildman–Crippen LogP) is 2.30. The van der Waals surface area contributed by atoms with Crippen LogP contribution in [0.3, 0.4) is 0 Å². The molecule has 1 aromatic rings. The number of benzene rings is 1. The van der Waals surface area contributed by atoms with E-state index in [4.69, 9.17) is 0 Å². The Bertz CT molecular complexity index is 349. The third-order valence-corrected chi connectivity index (χ3v) is 4.10. The lowest BCUT2D eigenvalue weighted by molar-refractivity contribution is 0.169. The minimum atomic E-state index is -0.122. The van der Waals surface area contributed by atoms with E-state index in [0.717, 1.165) is 32.4 Å². The molecule has 0 aromatic heterocycles. The number of hydrogen-bond donors (Lipinski definition) is 2. The molecule has 0 fully saturated rings. The monoisotopic (exact) mass is 278 g/mol. The summed E-state index contributed by atoms with van der Waals surface area (Å²) in [6, 6.07) is 10.6. The Hall–Kier alpha value is -0.900. The third-order valence-electron chi connectivity index (χ3n) is 4.10. The normalized spacial score (nSPS) is 14.4. The van der Waals surface area contributed by atoms with E-state index in [1.165, 1.54) is 12.0 Å². The molecule has 0 radical (unpaired) electrons. The van der Waals surface area contributed by atoms with E-state index in [-0.39, 0.29) is 12.1 Å². The van der Waals surface area contributed by atoms with Crippen LogP contribution in [-0.4, -0.2) is 49.3 Å². The van der Waals surface area contributed by atoms with Crippen LogP contribution in [0.2, 0.25) is 0 Å². The Morgan fingerprint density at radius 2 is 1.85 bits per heavy atom. The van der Waals surface area contributed by atoms with E-state index in [1.54, 1.807) is 0 Å². The Kier molecular flexibility index (Phi) is 7.82. The standard InChI is InChI=1S/C17H30N2O/c1-17(15-20,18-2)12-7-8-13-19(3)14-11-16-9-5-4-6-10-16/h4-6,9-10,18,20H,7-8,11-15H2,1-3H3. The minimum Gasteiger partial charge on any atom is -0.394 e. The van der Waals surface area contributed by atoms with E-state index in [1.807, 2.05) is 7.05 Å². The molecule has 2 N–H and O–H groups in total. The van der Waals surface area contributed by atoms with Crippen molar-refractivity contribution in [3.05, 3.63) is 35.9 Å². The summed E-state index contributed by atoms with van der Waals surface area (Å²) in [5.74, 6) is 0. The highest BCUT2D eigenvalue weighted by atomic mass is 16.3. The zero-order chi connectivity index (χ0) is 14.8. The number of nitrogens with zero attached hydrogens (tertiary/aromatic N) is 1. The zero-order valence-electron chi connectivity index (χ0n) is 13.2. The van der Waals surface area contributed by atoms with Crippen LogP contribution < -0.4 is 5.32 Å². The molecule has 1 unspecified atom stereocenters. The van der Waals surface area contributed by atoms with Gasteiger partial charge in [0, 0.05) is 12.1 Å². The Morgan fingerprint density at radius 3 is 2.45 bits per heavy atom. The van der Waals surface area contributed by atoms with Gasteiger partial charge in [-0.25, -0.2) is 0 Å². The molecule has 0 aliphatic rings. The first-order chi connectivity index (χ1) is 9.59. The molecule has 0 heterocycles. The van der Waals surface area contributed by atoms with Crippen molar-refractivity contribution in [1.29, 1.82) is 0 Å².